The highest BCUT2D eigenvalue weighted by Crippen LogP contribution is 2.07. The molecular weight excluding hydrogens is 146 g/mol. The van der Waals surface area contributed by atoms with Crippen molar-refractivity contribution in [2.75, 3.05) is 6.54 Å². The summed E-state index contributed by atoms with van der Waals surface area (Å²) in [7, 11) is 0. The molecule has 0 saturated heterocycles. The lowest BCUT2D eigenvalue weighted by atomic mass is 10.1. The fourth-order valence-corrected chi connectivity index (χ4v) is 1.10. The maximum Gasteiger partial charge on any atom is 0.0136 e. The number of allylic oxidation sites excluding steroid dienone is 2. The molecule has 0 aromatic heterocycles. The Morgan fingerprint density at radius 2 is 2.17 bits per heavy atom. The van der Waals surface area contributed by atoms with Gasteiger partial charge in [0.05, 0.1) is 0 Å². The lowest BCUT2D eigenvalue weighted by molar-refractivity contribution is 0.769. The van der Waals surface area contributed by atoms with E-state index >= 15 is 0 Å². The Balaban J connectivity index is 3.62. The van der Waals surface area contributed by atoms with E-state index in [-0.39, 0.29) is 0 Å². The van der Waals surface area contributed by atoms with E-state index in [1.54, 1.807) is 0 Å². The van der Waals surface area contributed by atoms with Crippen LogP contribution in [0.1, 0.15) is 39.0 Å². The summed E-state index contributed by atoms with van der Waals surface area (Å²) in [6.45, 7) is 6.61. The normalized spacial score (nSPS) is 11.7. The first-order chi connectivity index (χ1) is 5.85. The minimum atomic E-state index is 0.719. The number of unbranched alkanes of at least 4 members (excludes halogenated alkanes) is 2. The molecular formula is C11H21N. The molecule has 0 aliphatic heterocycles. The standard InChI is InChI=1S/C11H21N/c1-3-5-7-9-11(10-12)8-6-4-2/h3,9H,1,4-8,10,12H2,2H3/b11-9+. The molecule has 0 rings (SSSR count). The quantitative estimate of drug-likeness (QED) is 0.458. The lowest BCUT2D eigenvalue weighted by Crippen LogP contribution is -2.02. The third-order valence-electron chi connectivity index (χ3n) is 1.92. The fourth-order valence-electron chi connectivity index (χ4n) is 1.10. The van der Waals surface area contributed by atoms with E-state index in [1.165, 1.54) is 24.8 Å². The SMILES string of the molecule is C=CCC/C=C(/CN)CCCC. The highest BCUT2D eigenvalue weighted by atomic mass is 14.5. The van der Waals surface area contributed by atoms with Gasteiger partial charge >= 0.3 is 0 Å². The fraction of sp³-hybridized carbons (Fsp3) is 0.636. The van der Waals surface area contributed by atoms with Gasteiger partial charge < -0.3 is 5.73 Å². The molecule has 0 bridgehead atoms. The van der Waals surface area contributed by atoms with Gasteiger partial charge in [-0.1, -0.05) is 31.1 Å². The molecule has 0 fully saturated rings. The van der Waals surface area contributed by atoms with Crippen molar-refractivity contribution in [1.29, 1.82) is 0 Å². The smallest absolute Gasteiger partial charge is 0.0136 e. The van der Waals surface area contributed by atoms with E-state index < -0.39 is 0 Å². The summed E-state index contributed by atoms with van der Waals surface area (Å²) < 4.78 is 0. The molecule has 0 saturated carbocycles. The van der Waals surface area contributed by atoms with E-state index in [4.69, 9.17) is 5.73 Å². The zero-order valence-electron chi connectivity index (χ0n) is 8.18. The first-order valence-corrected chi connectivity index (χ1v) is 4.84. The van der Waals surface area contributed by atoms with Crippen molar-refractivity contribution in [3.05, 3.63) is 24.3 Å². The average molecular weight is 167 g/mol. The van der Waals surface area contributed by atoms with Gasteiger partial charge in [0.25, 0.3) is 0 Å². The summed E-state index contributed by atoms with van der Waals surface area (Å²) in [5.74, 6) is 0. The second kappa shape index (κ2) is 8.54. The Kier molecular flexibility index (Phi) is 8.14. The largest absolute Gasteiger partial charge is 0.327 e. The molecule has 2 N–H and O–H groups in total. The molecule has 0 unspecified atom stereocenters. The van der Waals surface area contributed by atoms with Crippen molar-refractivity contribution in [3.8, 4) is 0 Å². The number of rotatable bonds is 7. The molecule has 1 nitrogen and oxygen atoms in total. The first kappa shape index (κ1) is 11.4. The maximum absolute atomic E-state index is 5.60. The summed E-state index contributed by atoms with van der Waals surface area (Å²) in [6.07, 6.45) is 10.1. The van der Waals surface area contributed by atoms with Gasteiger partial charge in [0, 0.05) is 6.54 Å². The molecule has 0 aromatic rings. The monoisotopic (exact) mass is 167 g/mol. The van der Waals surface area contributed by atoms with Crippen LogP contribution in [0.2, 0.25) is 0 Å². The van der Waals surface area contributed by atoms with Crippen molar-refractivity contribution in [2.45, 2.75) is 39.0 Å². The molecule has 1 heteroatoms. The molecule has 0 amide bonds. The van der Waals surface area contributed by atoms with Crippen molar-refractivity contribution in [2.24, 2.45) is 5.73 Å². The van der Waals surface area contributed by atoms with Crippen LogP contribution in [0.15, 0.2) is 24.3 Å². The minimum Gasteiger partial charge on any atom is -0.327 e. The van der Waals surface area contributed by atoms with Gasteiger partial charge in [-0.3, -0.25) is 0 Å². The van der Waals surface area contributed by atoms with Gasteiger partial charge in [-0.05, 0) is 25.7 Å². The van der Waals surface area contributed by atoms with Crippen LogP contribution < -0.4 is 5.73 Å². The van der Waals surface area contributed by atoms with Gasteiger partial charge in [-0.15, -0.1) is 6.58 Å². The first-order valence-electron chi connectivity index (χ1n) is 4.84. The Hall–Kier alpha value is -0.560. The van der Waals surface area contributed by atoms with Gasteiger partial charge in [-0.25, -0.2) is 0 Å². The van der Waals surface area contributed by atoms with Gasteiger partial charge in [0.2, 0.25) is 0 Å². The van der Waals surface area contributed by atoms with E-state index in [1.807, 2.05) is 6.08 Å². The van der Waals surface area contributed by atoms with Gasteiger partial charge in [0.15, 0.2) is 0 Å². The molecule has 12 heavy (non-hydrogen) atoms. The third kappa shape index (κ3) is 6.17. The molecule has 0 radical (unpaired) electrons. The van der Waals surface area contributed by atoms with Crippen LogP contribution in [-0.4, -0.2) is 6.54 Å². The highest BCUT2D eigenvalue weighted by Gasteiger charge is 1.92. The third-order valence-corrected chi connectivity index (χ3v) is 1.92. The lowest BCUT2D eigenvalue weighted by Gasteiger charge is -2.02. The Bertz CT molecular complexity index is 136. The summed E-state index contributed by atoms with van der Waals surface area (Å²) in [4.78, 5) is 0. The van der Waals surface area contributed by atoms with Crippen molar-refractivity contribution < 1.29 is 0 Å². The van der Waals surface area contributed by atoms with E-state index in [9.17, 15) is 0 Å². The molecule has 0 aliphatic carbocycles. The molecule has 0 atom stereocenters. The molecule has 70 valence electrons. The van der Waals surface area contributed by atoms with Crippen LogP contribution in [0.3, 0.4) is 0 Å². The second-order valence-electron chi connectivity index (χ2n) is 3.04. The molecule has 0 aromatic carbocycles. The predicted octanol–water partition coefficient (Wildman–Crippen LogP) is 3.03. The minimum absolute atomic E-state index is 0.719. The molecule has 0 aliphatic rings. The van der Waals surface area contributed by atoms with Gasteiger partial charge in [-0.2, -0.15) is 0 Å². The van der Waals surface area contributed by atoms with Crippen LogP contribution >= 0.6 is 0 Å². The summed E-state index contributed by atoms with van der Waals surface area (Å²) >= 11 is 0. The van der Waals surface area contributed by atoms with Crippen LogP contribution in [0, 0.1) is 0 Å². The van der Waals surface area contributed by atoms with E-state index in [2.05, 4.69) is 19.6 Å². The zero-order chi connectivity index (χ0) is 9.23. The molecule has 0 heterocycles. The van der Waals surface area contributed by atoms with Crippen molar-refractivity contribution in [3.63, 3.8) is 0 Å². The average Bonchev–Trinajstić information content (AvgIpc) is 2.11. The van der Waals surface area contributed by atoms with Gasteiger partial charge in [0.1, 0.15) is 0 Å². The predicted molar refractivity (Wildman–Crippen MR) is 56.1 cm³/mol. The maximum atomic E-state index is 5.60. The Labute approximate surface area is 76.3 Å². The van der Waals surface area contributed by atoms with Crippen LogP contribution in [0.4, 0.5) is 0 Å². The zero-order valence-corrected chi connectivity index (χ0v) is 8.18. The van der Waals surface area contributed by atoms with Crippen molar-refractivity contribution in [1.82, 2.24) is 0 Å². The topological polar surface area (TPSA) is 26.0 Å². The summed E-state index contributed by atoms with van der Waals surface area (Å²) in [5, 5.41) is 0. The number of hydrogen-bond donors (Lipinski definition) is 1. The van der Waals surface area contributed by atoms with Crippen LogP contribution in [0.5, 0.6) is 0 Å². The Morgan fingerprint density at radius 1 is 1.42 bits per heavy atom. The number of nitrogens with two attached hydrogens (primary N) is 1. The van der Waals surface area contributed by atoms with E-state index in [0.29, 0.717) is 0 Å². The second-order valence-corrected chi connectivity index (χ2v) is 3.04. The summed E-state index contributed by atoms with van der Waals surface area (Å²) in [6, 6.07) is 0. The van der Waals surface area contributed by atoms with Crippen LogP contribution in [0.25, 0.3) is 0 Å². The summed E-state index contributed by atoms with van der Waals surface area (Å²) in [5.41, 5.74) is 7.00. The highest BCUT2D eigenvalue weighted by molar-refractivity contribution is 5.03. The van der Waals surface area contributed by atoms with Crippen LogP contribution in [-0.2, 0) is 0 Å². The van der Waals surface area contributed by atoms with Crippen molar-refractivity contribution >= 4 is 0 Å². The Morgan fingerprint density at radius 3 is 2.67 bits per heavy atom. The number of hydrogen-bond acceptors (Lipinski definition) is 1. The van der Waals surface area contributed by atoms with E-state index in [0.717, 1.165) is 19.4 Å². The molecule has 0 spiro atoms.